The van der Waals surface area contributed by atoms with E-state index < -0.39 is 34.7 Å². The molecule has 202 valence electrons. The van der Waals surface area contributed by atoms with Crippen LogP contribution in [0.1, 0.15) is 30.3 Å². The summed E-state index contributed by atoms with van der Waals surface area (Å²) < 4.78 is 41.6. The smallest absolute Gasteiger partial charge is 0.405 e. The Bertz CT molecular complexity index is 1760. The first kappa shape index (κ1) is 24.8. The third-order valence-corrected chi connectivity index (χ3v) is 7.18. The molecule has 2 fully saturated rings. The van der Waals surface area contributed by atoms with Gasteiger partial charge < -0.3 is 35.2 Å². The number of benzene rings is 2. The Kier molecular flexibility index (Phi) is 5.57. The lowest BCUT2D eigenvalue weighted by Gasteiger charge is -2.39. The van der Waals surface area contributed by atoms with Crippen molar-refractivity contribution in [3.63, 3.8) is 0 Å². The fraction of sp³-hybridized carbons (Fsp3) is 0.308. The second-order valence-electron chi connectivity index (χ2n) is 9.87. The molecule has 2 aliphatic rings. The van der Waals surface area contributed by atoms with Gasteiger partial charge in [0.05, 0.1) is 31.0 Å². The molecular weight excluding hydrogens is 516 g/mol. The Morgan fingerprint density at radius 3 is 2.59 bits per heavy atom. The van der Waals surface area contributed by atoms with Crippen molar-refractivity contribution in [3.8, 4) is 11.1 Å². The molecule has 5 N–H and O–H groups in total. The molecule has 13 heteroatoms. The largest absolute Gasteiger partial charge is 0.465 e. The number of fused-ring (bicyclic) bond motifs is 3. The monoisotopic (exact) mass is 539 g/mol. The second kappa shape index (κ2) is 8.76. The molecule has 11 nitrogen and oxygen atoms in total. The normalized spacial score (nSPS) is 16.3. The molecule has 0 unspecified atom stereocenters. The summed E-state index contributed by atoms with van der Waals surface area (Å²) in [5, 5.41) is 14.4. The van der Waals surface area contributed by atoms with Crippen LogP contribution in [-0.4, -0.2) is 45.4 Å². The minimum absolute atomic E-state index is 0.0147. The number of anilines is 1. The van der Waals surface area contributed by atoms with Gasteiger partial charge >= 0.3 is 6.09 Å². The number of carbonyl (C=O) groups excluding carboxylic acids is 1. The van der Waals surface area contributed by atoms with Crippen LogP contribution in [0.25, 0.3) is 33.1 Å². The Hall–Kier alpha value is -4.52. The van der Waals surface area contributed by atoms with E-state index in [1.807, 2.05) is 0 Å². The molecule has 0 atom stereocenters. The molecule has 1 aliphatic carbocycles. The van der Waals surface area contributed by atoms with Gasteiger partial charge in [0.2, 0.25) is 5.89 Å². The molecule has 39 heavy (non-hydrogen) atoms. The van der Waals surface area contributed by atoms with E-state index in [4.69, 9.17) is 20.0 Å². The number of carboxylic acid groups (broad SMARTS) is 1. The zero-order chi connectivity index (χ0) is 27.6. The number of nitrogens with one attached hydrogen (secondary N) is 2. The van der Waals surface area contributed by atoms with Crippen LogP contribution in [0, 0.1) is 18.6 Å². The standard InChI is InChI=1S/C26H23F2N5O6/c1-11-13(15-6-17(28)18(29)7-16(15)27)4-5-14-21(11)33(12-2-3-12)23(34)20-22(14)39-19(31-20)8-30-24(35)26(9-38-10-26)32-25(36)37/h4-7,12,32H,2-3,8-10,29H2,1H3,(H,30,35)(H,36,37). The SMILES string of the molecule is Cc1c(-c2cc(F)c(N)cc2F)ccc2c3oc(CNC(=O)C4(NC(=O)O)COC4)nc3c(=O)n(C3CC3)c12. The fourth-order valence-electron chi connectivity index (χ4n) is 5.01. The average Bonchev–Trinajstić information content (AvgIpc) is 3.60. The highest BCUT2D eigenvalue weighted by Crippen LogP contribution is 2.41. The first-order valence-electron chi connectivity index (χ1n) is 12.2. The number of ether oxygens (including phenoxy) is 1. The van der Waals surface area contributed by atoms with Gasteiger partial charge in [-0.1, -0.05) is 6.07 Å². The number of aryl methyl sites for hydroxylation is 1. The molecule has 0 radical (unpaired) electrons. The number of amides is 2. The highest BCUT2D eigenvalue weighted by Gasteiger charge is 2.47. The predicted octanol–water partition coefficient (Wildman–Crippen LogP) is 2.97. The maximum absolute atomic E-state index is 14.8. The van der Waals surface area contributed by atoms with E-state index in [1.54, 1.807) is 23.6 Å². The quantitative estimate of drug-likeness (QED) is 0.272. The molecule has 1 saturated heterocycles. The number of carbonyl (C=O) groups is 2. The van der Waals surface area contributed by atoms with Crippen LogP contribution in [0.5, 0.6) is 0 Å². The van der Waals surface area contributed by atoms with Gasteiger partial charge in [-0.15, -0.1) is 0 Å². The lowest BCUT2D eigenvalue weighted by molar-refractivity contribution is -0.147. The number of rotatable bonds is 6. The van der Waals surface area contributed by atoms with Crippen LogP contribution in [0.15, 0.2) is 33.5 Å². The molecule has 2 aromatic carbocycles. The van der Waals surface area contributed by atoms with E-state index in [0.29, 0.717) is 22.0 Å². The Morgan fingerprint density at radius 2 is 1.95 bits per heavy atom. The maximum atomic E-state index is 14.8. The Labute approximate surface area is 218 Å². The number of nitrogen functional groups attached to an aromatic ring is 1. The maximum Gasteiger partial charge on any atom is 0.405 e. The summed E-state index contributed by atoms with van der Waals surface area (Å²) in [5.41, 5.74) is 5.15. The number of halogens is 2. The van der Waals surface area contributed by atoms with E-state index in [0.717, 1.165) is 25.0 Å². The molecule has 1 aliphatic heterocycles. The number of nitrogens with zero attached hydrogens (tertiary/aromatic N) is 2. The topological polar surface area (TPSA) is 162 Å². The van der Waals surface area contributed by atoms with E-state index in [-0.39, 0.29) is 54.0 Å². The van der Waals surface area contributed by atoms with Crippen LogP contribution >= 0.6 is 0 Å². The van der Waals surface area contributed by atoms with Crippen molar-refractivity contribution in [2.24, 2.45) is 0 Å². The summed E-state index contributed by atoms with van der Waals surface area (Å²) in [7, 11) is 0. The summed E-state index contributed by atoms with van der Waals surface area (Å²) in [5.74, 6) is -2.01. The molecule has 0 bridgehead atoms. The lowest BCUT2D eigenvalue weighted by atomic mass is 9.96. The van der Waals surface area contributed by atoms with Crippen molar-refractivity contribution in [1.82, 2.24) is 20.2 Å². The van der Waals surface area contributed by atoms with E-state index in [9.17, 15) is 23.2 Å². The summed E-state index contributed by atoms with van der Waals surface area (Å²) in [6, 6.07) is 5.16. The fourth-order valence-corrected chi connectivity index (χ4v) is 5.01. The number of hydrogen-bond donors (Lipinski definition) is 4. The lowest BCUT2D eigenvalue weighted by Crippen LogP contribution is -2.69. The Balaban J connectivity index is 1.43. The zero-order valence-electron chi connectivity index (χ0n) is 20.6. The van der Waals surface area contributed by atoms with Gasteiger partial charge in [0, 0.05) is 23.1 Å². The number of aromatic nitrogens is 2. The predicted molar refractivity (Wildman–Crippen MR) is 135 cm³/mol. The van der Waals surface area contributed by atoms with Crippen LogP contribution in [0.3, 0.4) is 0 Å². The number of hydrogen-bond acceptors (Lipinski definition) is 7. The third kappa shape index (κ3) is 3.96. The minimum atomic E-state index is -1.41. The number of pyridine rings is 1. The molecular formula is C26H23F2N5O6. The molecule has 1 saturated carbocycles. The molecule has 2 aromatic heterocycles. The van der Waals surface area contributed by atoms with Gasteiger partial charge in [-0.3, -0.25) is 9.59 Å². The summed E-state index contributed by atoms with van der Waals surface area (Å²) in [6.45, 7) is 1.29. The number of oxazole rings is 1. The van der Waals surface area contributed by atoms with Gasteiger partial charge in [0.15, 0.2) is 16.6 Å². The second-order valence-corrected chi connectivity index (χ2v) is 9.87. The van der Waals surface area contributed by atoms with E-state index in [1.165, 1.54) is 0 Å². The first-order chi connectivity index (χ1) is 18.6. The van der Waals surface area contributed by atoms with Crippen molar-refractivity contribution in [3.05, 3.63) is 57.7 Å². The highest BCUT2D eigenvalue weighted by atomic mass is 19.1. The molecule has 6 rings (SSSR count). The van der Waals surface area contributed by atoms with Crippen molar-refractivity contribution in [1.29, 1.82) is 0 Å². The summed E-state index contributed by atoms with van der Waals surface area (Å²) in [4.78, 5) is 41.7. The minimum Gasteiger partial charge on any atom is -0.465 e. The third-order valence-electron chi connectivity index (χ3n) is 7.18. The summed E-state index contributed by atoms with van der Waals surface area (Å²) in [6.07, 6.45) is 0.186. The van der Waals surface area contributed by atoms with Crippen LogP contribution < -0.4 is 21.9 Å². The molecule has 3 heterocycles. The van der Waals surface area contributed by atoms with Gasteiger partial charge in [-0.2, -0.15) is 0 Å². The van der Waals surface area contributed by atoms with Crippen molar-refractivity contribution < 1.29 is 32.6 Å². The molecule has 4 aromatic rings. The van der Waals surface area contributed by atoms with Gasteiger partial charge in [0.25, 0.3) is 11.5 Å². The number of nitrogens with two attached hydrogens (primary N) is 1. The average molecular weight is 539 g/mol. The van der Waals surface area contributed by atoms with Crippen molar-refractivity contribution in [2.75, 3.05) is 18.9 Å². The van der Waals surface area contributed by atoms with E-state index in [2.05, 4.69) is 15.6 Å². The van der Waals surface area contributed by atoms with Gasteiger partial charge in [-0.05, 0) is 43.0 Å². The van der Waals surface area contributed by atoms with Crippen LogP contribution in [0.4, 0.5) is 19.3 Å². The highest BCUT2D eigenvalue weighted by molar-refractivity contribution is 6.04. The van der Waals surface area contributed by atoms with Crippen molar-refractivity contribution >= 4 is 39.7 Å². The van der Waals surface area contributed by atoms with Gasteiger partial charge in [0.1, 0.15) is 11.6 Å². The zero-order valence-corrected chi connectivity index (χ0v) is 20.6. The van der Waals surface area contributed by atoms with E-state index >= 15 is 0 Å². The van der Waals surface area contributed by atoms with Crippen molar-refractivity contribution in [2.45, 2.75) is 37.9 Å². The molecule has 0 spiro atoms. The first-order valence-corrected chi connectivity index (χ1v) is 12.2. The van der Waals surface area contributed by atoms with Crippen LogP contribution in [0.2, 0.25) is 0 Å². The Morgan fingerprint density at radius 1 is 1.21 bits per heavy atom. The van der Waals surface area contributed by atoms with Crippen LogP contribution in [-0.2, 0) is 16.1 Å². The summed E-state index contributed by atoms with van der Waals surface area (Å²) >= 11 is 0. The molecule has 2 amide bonds. The van der Waals surface area contributed by atoms with Gasteiger partial charge in [-0.25, -0.2) is 18.6 Å².